The molecule has 1 saturated heterocycles. The summed E-state index contributed by atoms with van der Waals surface area (Å²) in [6.07, 6.45) is 4.33. The highest BCUT2D eigenvalue weighted by Crippen LogP contribution is 2.19. The van der Waals surface area contributed by atoms with Gasteiger partial charge in [0.05, 0.1) is 0 Å². The van der Waals surface area contributed by atoms with Gasteiger partial charge in [-0.3, -0.25) is 0 Å². The molecule has 2 amide bonds. The minimum atomic E-state index is -0.998. The number of hydrogen-bond acceptors (Lipinski definition) is 2. The smallest absolute Gasteiger partial charge is 0.326 e. The summed E-state index contributed by atoms with van der Waals surface area (Å²) >= 11 is 0. The van der Waals surface area contributed by atoms with Gasteiger partial charge in [0.1, 0.15) is 6.04 Å². The van der Waals surface area contributed by atoms with E-state index in [9.17, 15) is 14.7 Å². The van der Waals surface area contributed by atoms with Crippen molar-refractivity contribution >= 4 is 12.0 Å². The van der Waals surface area contributed by atoms with Gasteiger partial charge >= 0.3 is 12.0 Å². The lowest BCUT2D eigenvalue weighted by molar-refractivity contribution is -0.139. The fourth-order valence-electron chi connectivity index (χ4n) is 2.97. The summed E-state index contributed by atoms with van der Waals surface area (Å²) in [7, 11) is 0. The lowest BCUT2D eigenvalue weighted by Gasteiger charge is -2.35. The fraction of sp³-hybridized carbons (Fsp3) is 0.529. The Morgan fingerprint density at radius 2 is 2.05 bits per heavy atom. The molecule has 0 spiro atoms. The van der Waals surface area contributed by atoms with E-state index in [0.29, 0.717) is 13.0 Å². The van der Waals surface area contributed by atoms with Crippen LogP contribution in [0.3, 0.4) is 0 Å². The maximum atomic E-state index is 12.4. The van der Waals surface area contributed by atoms with Crippen molar-refractivity contribution in [2.45, 2.75) is 51.1 Å². The summed E-state index contributed by atoms with van der Waals surface area (Å²) < 4.78 is 0. The van der Waals surface area contributed by atoms with Crippen LogP contribution in [-0.4, -0.2) is 40.6 Å². The van der Waals surface area contributed by atoms with Gasteiger partial charge in [-0.05, 0) is 31.2 Å². The molecule has 22 heavy (non-hydrogen) atoms. The normalized spacial score (nSPS) is 19.5. The van der Waals surface area contributed by atoms with E-state index in [-0.39, 0.29) is 12.1 Å². The third-order valence-corrected chi connectivity index (χ3v) is 4.24. The SMILES string of the molecule is CCC1CCCCN1C(=O)N[C@@H](Cc1ccccc1)C(=O)O. The Bertz CT molecular complexity index is 504. The van der Waals surface area contributed by atoms with Crippen molar-refractivity contribution in [3.05, 3.63) is 35.9 Å². The molecule has 1 fully saturated rings. The summed E-state index contributed by atoms with van der Waals surface area (Å²) in [5.74, 6) is -0.998. The molecule has 1 aliphatic heterocycles. The van der Waals surface area contributed by atoms with Crippen LogP contribution in [0.2, 0.25) is 0 Å². The van der Waals surface area contributed by atoms with Gasteiger partial charge < -0.3 is 15.3 Å². The van der Waals surface area contributed by atoms with Crippen LogP contribution in [0.5, 0.6) is 0 Å². The van der Waals surface area contributed by atoms with Crippen LogP contribution in [0.15, 0.2) is 30.3 Å². The number of hydrogen-bond donors (Lipinski definition) is 2. The highest BCUT2D eigenvalue weighted by atomic mass is 16.4. The van der Waals surface area contributed by atoms with E-state index in [0.717, 1.165) is 31.2 Å². The summed E-state index contributed by atoms with van der Waals surface area (Å²) in [6, 6.07) is 8.44. The second-order valence-electron chi connectivity index (χ2n) is 5.78. The largest absolute Gasteiger partial charge is 0.480 e. The molecular weight excluding hydrogens is 280 g/mol. The van der Waals surface area contributed by atoms with Crippen LogP contribution >= 0.6 is 0 Å². The van der Waals surface area contributed by atoms with E-state index in [1.54, 1.807) is 4.90 Å². The molecule has 1 unspecified atom stereocenters. The number of carbonyl (C=O) groups is 2. The van der Waals surface area contributed by atoms with Gasteiger partial charge in [-0.25, -0.2) is 9.59 Å². The third kappa shape index (κ3) is 4.23. The number of urea groups is 1. The predicted molar refractivity (Wildman–Crippen MR) is 84.7 cm³/mol. The summed E-state index contributed by atoms with van der Waals surface area (Å²) in [6.45, 7) is 2.77. The van der Waals surface area contributed by atoms with Crippen molar-refractivity contribution < 1.29 is 14.7 Å². The summed E-state index contributed by atoms with van der Waals surface area (Å²) in [5.41, 5.74) is 0.904. The average molecular weight is 304 g/mol. The van der Waals surface area contributed by atoms with Crippen LogP contribution in [0.25, 0.3) is 0 Å². The van der Waals surface area contributed by atoms with E-state index < -0.39 is 12.0 Å². The minimum absolute atomic E-state index is 0.222. The second kappa shape index (κ2) is 7.82. The van der Waals surface area contributed by atoms with E-state index in [4.69, 9.17) is 0 Å². The Labute approximate surface area is 131 Å². The zero-order valence-electron chi connectivity index (χ0n) is 13.0. The highest BCUT2D eigenvalue weighted by molar-refractivity contribution is 5.83. The first-order valence-corrected chi connectivity index (χ1v) is 7.95. The Kier molecular flexibility index (Phi) is 5.81. The molecule has 1 heterocycles. The lowest BCUT2D eigenvalue weighted by atomic mass is 10.0. The standard InChI is InChI=1S/C17H24N2O3/c1-2-14-10-6-7-11-19(14)17(22)18-15(16(20)21)12-13-8-4-3-5-9-13/h3-5,8-9,14-15H,2,6-7,10-12H2,1H3,(H,18,22)(H,20,21)/t14?,15-/m0/s1. The van der Waals surface area contributed by atoms with Gasteiger partial charge in [-0.15, -0.1) is 0 Å². The third-order valence-electron chi connectivity index (χ3n) is 4.24. The topological polar surface area (TPSA) is 69.6 Å². The number of nitrogens with zero attached hydrogens (tertiary/aromatic N) is 1. The zero-order chi connectivity index (χ0) is 15.9. The molecule has 0 radical (unpaired) electrons. The number of carboxylic acids is 1. The van der Waals surface area contributed by atoms with E-state index in [1.807, 2.05) is 30.3 Å². The van der Waals surface area contributed by atoms with Crippen LogP contribution < -0.4 is 5.32 Å². The number of likely N-dealkylation sites (tertiary alicyclic amines) is 1. The molecule has 0 bridgehead atoms. The van der Waals surface area contributed by atoms with Crippen LogP contribution in [0, 0.1) is 0 Å². The average Bonchev–Trinajstić information content (AvgIpc) is 2.55. The van der Waals surface area contributed by atoms with Gasteiger partial charge in [-0.1, -0.05) is 37.3 Å². The fourth-order valence-corrected chi connectivity index (χ4v) is 2.97. The van der Waals surface area contributed by atoms with Crippen molar-refractivity contribution in [3.8, 4) is 0 Å². The number of nitrogens with one attached hydrogen (secondary N) is 1. The van der Waals surface area contributed by atoms with Gasteiger partial charge in [0.25, 0.3) is 0 Å². The zero-order valence-corrected chi connectivity index (χ0v) is 13.0. The molecule has 1 aromatic carbocycles. The molecule has 2 rings (SSSR count). The van der Waals surface area contributed by atoms with E-state index in [2.05, 4.69) is 12.2 Å². The Balaban J connectivity index is 2.01. The summed E-state index contributed by atoms with van der Waals surface area (Å²) in [5, 5.41) is 12.1. The molecule has 2 atom stereocenters. The first-order chi connectivity index (χ1) is 10.6. The van der Waals surface area contributed by atoms with Crippen molar-refractivity contribution in [1.82, 2.24) is 10.2 Å². The molecule has 1 aliphatic rings. The van der Waals surface area contributed by atoms with Crippen molar-refractivity contribution in [1.29, 1.82) is 0 Å². The van der Waals surface area contributed by atoms with E-state index >= 15 is 0 Å². The van der Waals surface area contributed by atoms with Crippen LogP contribution in [-0.2, 0) is 11.2 Å². The molecule has 5 nitrogen and oxygen atoms in total. The molecule has 0 saturated carbocycles. The molecule has 2 N–H and O–H groups in total. The molecule has 120 valence electrons. The maximum absolute atomic E-state index is 12.4. The number of carboxylic acid groups (broad SMARTS) is 1. The predicted octanol–water partition coefficient (Wildman–Crippen LogP) is 2.66. The molecule has 0 aliphatic carbocycles. The second-order valence-corrected chi connectivity index (χ2v) is 5.78. The maximum Gasteiger partial charge on any atom is 0.326 e. The number of aliphatic carboxylic acids is 1. The lowest BCUT2D eigenvalue weighted by Crippen LogP contribution is -2.53. The Morgan fingerprint density at radius 3 is 2.68 bits per heavy atom. The van der Waals surface area contributed by atoms with Crippen molar-refractivity contribution in [3.63, 3.8) is 0 Å². The van der Waals surface area contributed by atoms with Crippen molar-refractivity contribution in [2.75, 3.05) is 6.54 Å². The highest BCUT2D eigenvalue weighted by Gasteiger charge is 2.28. The first kappa shape index (κ1) is 16.3. The first-order valence-electron chi connectivity index (χ1n) is 7.95. The molecule has 5 heteroatoms. The van der Waals surface area contributed by atoms with Gasteiger partial charge in [0.2, 0.25) is 0 Å². The number of benzene rings is 1. The molecule has 1 aromatic rings. The van der Waals surface area contributed by atoms with Crippen LogP contribution in [0.1, 0.15) is 38.2 Å². The van der Waals surface area contributed by atoms with Crippen molar-refractivity contribution in [2.24, 2.45) is 0 Å². The monoisotopic (exact) mass is 304 g/mol. The number of rotatable bonds is 5. The van der Waals surface area contributed by atoms with Gasteiger partial charge in [0, 0.05) is 19.0 Å². The Morgan fingerprint density at radius 1 is 1.32 bits per heavy atom. The van der Waals surface area contributed by atoms with Crippen LogP contribution in [0.4, 0.5) is 4.79 Å². The minimum Gasteiger partial charge on any atom is -0.480 e. The Hall–Kier alpha value is -2.04. The number of carbonyl (C=O) groups excluding carboxylic acids is 1. The summed E-state index contributed by atoms with van der Waals surface area (Å²) in [4.78, 5) is 25.7. The van der Waals surface area contributed by atoms with Gasteiger partial charge in [-0.2, -0.15) is 0 Å². The number of amides is 2. The van der Waals surface area contributed by atoms with E-state index in [1.165, 1.54) is 0 Å². The molecular formula is C17H24N2O3. The molecule has 0 aromatic heterocycles. The quantitative estimate of drug-likeness (QED) is 0.878. The number of piperidine rings is 1. The van der Waals surface area contributed by atoms with Gasteiger partial charge in [0.15, 0.2) is 0 Å².